The molecule has 2 unspecified atom stereocenters. The van der Waals surface area contributed by atoms with Crippen molar-refractivity contribution in [3.8, 4) is 5.75 Å². The third-order valence-corrected chi connectivity index (χ3v) is 5.43. The molecular formula is C19H17ClF2N2O3S. The van der Waals surface area contributed by atoms with E-state index in [1.165, 1.54) is 17.8 Å². The summed E-state index contributed by atoms with van der Waals surface area (Å²) in [5.41, 5.74) is 0.627. The van der Waals surface area contributed by atoms with Gasteiger partial charge in [0, 0.05) is 22.4 Å². The molecule has 1 heterocycles. The maximum Gasteiger partial charge on any atom is 0.238 e. The summed E-state index contributed by atoms with van der Waals surface area (Å²) in [6, 6.07) is 7.74. The predicted octanol–water partition coefficient (Wildman–Crippen LogP) is 4.00. The predicted molar refractivity (Wildman–Crippen MR) is 104 cm³/mol. The quantitative estimate of drug-likeness (QED) is 0.732. The van der Waals surface area contributed by atoms with Crippen molar-refractivity contribution in [2.75, 3.05) is 11.9 Å². The van der Waals surface area contributed by atoms with Gasteiger partial charge in [-0.25, -0.2) is 8.78 Å². The number of nitrogens with one attached hydrogen (secondary N) is 2. The van der Waals surface area contributed by atoms with Gasteiger partial charge in [-0.15, -0.1) is 11.8 Å². The molecule has 1 aliphatic heterocycles. The van der Waals surface area contributed by atoms with E-state index in [1.54, 1.807) is 25.1 Å². The van der Waals surface area contributed by atoms with Crippen LogP contribution in [0, 0.1) is 11.6 Å². The lowest BCUT2D eigenvalue weighted by Gasteiger charge is -2.24. The summed E-state index contributed by atoms with van der Waals surface area (Å²) in [5, 5.41) is 5.40. The van der Waals surface area contributed by atoms with Crippen LogP contribution < -0.4 is 15.4 Å². The fraction of sp³-hybridized carbons (Fsp3) is 0.263. The first-order chi connectivity index (χ1) is 13.3. The van der Waals surface area contributed by atoms with Gasteiger partial charge in [0.15, 0.2) is 11.6 Å². The number of fused-ring (bicyclic) bond motifs is 1. The number of ether oxygens (including phenoxy) is 1. The number of halogens is 3. The highest BCUT2D eigenvalue weighted by Gasteiger charge is 2.29. The number of thioether (sulfide) groups is 1. The minimum Gasteiger partial charge on any atom is -0.488 e. The number of hydrogen-bond acceptors (Lipinski definition) is 4. The number of benzene rings is 2. The molecule has 28 heavy (non-hydrogen) atoms. The molecule has 1 aliphatic rings. The zero-order valence-electron chi connectivity index (χ0n) is 14.8. The Morgan fingerprint density at radius 3 is 2.86 bits per heavy atom. The van der Waals surface area contributed by atoms with E-state index in [9.17, 15) is 18.4 Å². The molecule has 0 saturated heterocycles. The molecule has 5 nitrogen and oxygen atoms in total. The molecule has 2 aromatic rings. The Morgan fingerprint density at radius 1 is 1.32 bits per heavy atom. The van der Waals surface area contributed by atoms with E-state index in [4.69, 9.17) is 16.3 Å². The van der Waals surface area contributed by atoms with Gasteiger partial charge in [-0.3, -0.25) is 9.59 Å². The van der Waals surface area contributed by atoms with Gasteiger partial charge in [0.25, 0.3) is 0 Å². The summed E-state index contributed by atoms with van der Waals surface area (Å²) < 4.78 is 31.7. The Kier molecular flexibility index (Phi) is 6.41. The molecule has 9 heteroatoms. The van der Waals surface area contributed by atoms with Gasteiger partial charge in [0.2, 0.25) is 11.8 Å². The summed E-state index contributed by atoms with van der Waals surface area (Å²) in [7, 11) is 0. The van der Waals surface area contributed by atoms with Gasteiger partial charge in [-0.1, -0.05) is 11.6 Å². The lowest BCUT2D eigenvalue weighted by atomic mass is 10.2. The van der Waals surface area contributed by atoms with Crippen LogP contribution in [-0.2, 0) is 9.59 Å². The molecule has 2 aromatic carbocycles. The molecule has 148 valence electrons. The second kappa shape index (κ2) is 8.79. The van der Waals surface area contributed by atoms with Crippen molar-refractivity contribution >= 4 is 40.9 Å². The van der Waals surface area contributed by atoms with Crippen LogP contribution in [0.1, 0.15) is 13.3 Å². The molecule has 0 fully saturated rings. The number of carbonyl (C=O) groups excluding carboxylic acids is 2. The van der Waals surface area contributed by atoms with Crippen molar-refractivity contribution in [1.29, 1.82) is 0 Å². The summed E-state index contributed by atoms with van der Waals surface area (Å²) in [6.45, 7) is 1.68. The fourth-order valence-corrected chi connectivity index (χ4v) is 3.87. The maximum absolute atomic E-state index is 13.6. The number of anilines is 1. The Labute approximate surface area is 169 Å². The first-order valence-corrected chi connectivity index (χ1v) is 9.72. The zero-order valence-corrected chi connectivity index (χ0v) is 16.4. The lowest BCUT2D eigenvalue weighted by Crippen LogP contribution is -2.40. The highest BCUT2D eigenvalue weighted by molar-refractivity contribution is 8.01. The van der Waals surface area contributed by atoms with Crippen LogP contribution in [0.3, 0.4) is 0 Å². The van der Waals surface area contributed by atoms with Crippen molar-refractivity contribution in [2.24, 2.45) is 0 Å². The third kappa shape index (κ3) is 5.14. The molecule has 0 bridgehead atoms. The molecule has 2 amide bonds. The van der Waals surface area contributed by atoms with Gasteiger partial charge in [0.05, 0.1) is 17.0 Å². The Hall–Kier alpha value is -2.32. The summed E-state index contributed by atoms with van der Waals surface area (Å²) in [5.74, 6) is -2.21. The number of hydrogen-bond donors (Lipinski definition) is 2. The number of rotatable bonds is 6. The van der Waals surface area contributed by atoms with Crippen molar-refractivity contribution in [1.82, 2.24) is 5.32 Å². The van der Waals surface area contributed by atoms with Crippen LogP contribution in [0.5, 0.6) is 5.75 Å². The van der Waals surface area contributed by atoms with Crippen LogP contribution >= 0.6 is 23.4 Å². The molecular weight excluding hydrogens is 410 g/mol. The molecule has 3 rings (SSSR count). The molecule has 0 spiro atoms. The van der Waals surface area contributed by atoms with E-state index in [0.29, 0.717) is 10.7 Å². The molecule has 2 N–H and O–H groups in total. The van der Waals surface area contributed by atoms with E-state index in [1.807, 2.05) is 0 Å². The number of carbonyl (C=O) groups is 2. The standard InChI is InChI=1S/C19H17ClF2N2O3S/c1-10(9-27-15-4-3-12(21)7-13(15)22)23-18(25)8-17-19(26)24-14-6-11(20)2-5-16(14)28-17/h2-7,10,17H,8-9H2,1H3,(H,23,25)(H,24,26). The van der Waals surface area contributed by atoms with Crippen LogP contribution in [-0.4, -0.2) is 29.7 Å². The van der Waals surface area contributed by atoms with Gasteiger partial charge in [-0.2, -0.15) is 0 Å². The van der Waals surface area contributed by atoms with Crippen molar-refractivity contribution in [3.05, 3.63) is 53.1 Å². The largest absolute Gasteiger partial charge is 0.488 e. The first-order valence-electron chi connectivity index (χ1n) is 8.46. The van der Waals surface area contributed by atoms with Gasteiger partial charge in [-0.05, 0) is 37.3 Å². The topological polar surface area (TPSA) is 67.4 Å². The maximum atomic E-state index is 13.6. The van der Waals surface area contributed by atoms with Crippen LogP contribution in [0.15, 0.2) is 41.3 Å². The Bertz CT molecular complexity index is 913. The van der Waals surface area contributed by atoms with Crippen LogP contribution in [0.4, 0.5) is 14.5 Å². The van der Waals surface area contributed by atoms with E-state index < -0.39 is 22.9 Å². The third-order valence-electron chi connectivity index (χ3n) is 3.92. The van der Waals surface area contributed by atoms with Gasteiger partial charge in [0.1, 0.15) is 12.4 Å². The monoisotopic (exact) mass is 426 g/mol. The second-order valence-electron chi connectivity index (χ2n) is 6.29. The summed E-state index contributed by atoms with van der Waals surface area (Å²) in [6.07, 6.45) is -0.0200. The highest BCUT2D eigenvalue weighted by atomic mass is 35.5. The normalized spacial score (nSPS) is 16.7. The lowest BCUT2D eigenvalue weighted by molar-refractivity contribution is -0.124. The van der Waals surface area contributed by atoms with E-state index in [0.717, 1.165) is 17.0 Å². The van der Waals surface area contributed by atoms with E-state index in [-0.39, 0.29) is 30.6 Å². The summed E-state index contributed by atoms with van der Waals surface area (Å²) in [4.78, 5) is 25.3. The van der Waals surface area contributed by atoms with Gasteiger partial charge < -0.3 is 15.4 Å². The average Bonchev–Trinajstić information content (AvgIpc) is 2.61. The Morgan fingerprint density at radius 2 is 2.11 bits per heavy atom. The van der Waals surface area contributed by atoms with Crippen molar-refractivity contribution in [2.45, 2.75) is 29.5 Å². The van der Waals surface area contributed by atoms with E-state index >= 15 is 0 Å². The molecule has 0 radical (unpaired) electrons. The fourth-order valence-electron chi connectivity index (χ4n) is 2.61. The number of amides is 2. The van der Waals surface area contributed by atoms with E-state index in [2.05, 4.69) is 10.6 Å². The zero-order chi connectivity index (χ0) is 20.3. The smallest absolute Gasteiger partial charge is 0.238 e. The second-order valence-corrected chi connectivity index (χ2v) is 7.98. The molecule has 0 aromatic heterocycles. The van der Waals surface area contributed by atoms with Crippen molar-refractivity contribution < 1.29 is 23.1 Å². The average molecular weight is 427 g/mol. The van der Waals surface area contributed by atoms with Gasteiger partial charge >= 0.3 is 0 Å². The minimum absolute atomic E-state index is 0.000366. The molecule has 0 saturated carbocycles. The SMILES string of the molecule is CC(COc1ccc(F)cc1F)NC(=O)CC1Sc2ccc(Cl)cc2NC1=O. The van der Waals surface area contributed by atoms with Crippen LogP contribution in [0.25, 0.3) is 0 Å². The summed E-state index contributed by atoms with van der Waals surface area (Å²) >= 11 is 7.21. The molecule has 0 aliphatic carbocycles. The molecule has 2 atom stereocenters. The first kappa shape index (κ1) is 20.4. The van der Waals surface area contributed by atoms with Crippen LogP contribution in [0.2, 0.25) is 5.02 Å². The highest BCUT2D eigenvalue weighted by Crippen LogP contribution is 2.38. The van der Waals surface area contributed by atoms with Crippen molar-refractivity contribution in [3.63, 3.8) is 0 Å². The Balaban J connectivity index is 1.50. The minimum atomic E-state index is -0.812.